The van der Waals surface area contributed by atoms with E-state index in [1.807, 2.05) is 16.9 Å². The van der Waals surface area contributed by atoms with Crippen LogP contribution in [-0.4, -0.2) is 53.6 Å². The molecule has 3 aliphatic rings. The second kappa shape index (κ2) is 10.4. The molecule has 0 bridgehead atoms. The smallest absolute Gasteiger partial charge is 0.153 e. The molecule has 0 amide bonds. The van der Waals surface area contributed by atoms with Crippen LogP contribution in [0.3, 0.4) is 0 Å². The molecule has 2 aromatic heterocycles. The number of carbonyl (C=O) groups excluding carboxylic acids is 1. The van der Waals surface area contributed by atoms with Crippen molar-refractivity contribution >= 4 is 32.2 Å². The average Bonchev–Trinajstić information content (AvgIpc) is 3.39. The van der Waals surface area contributed by atoms with Crippen molar-refractivity contribution < 1.29 is 13.2 Å². The van der Waals surface area contributed by atoms with E-state index in [-0.39, 0.29) is 29.1 Å². The van der Waals surface area contributed by atoms with Crippen LogP contribution in [0.15, 0.2) is 60.9 Å². The number of nitrogens with zero attached hydrogens (tertiary/aromatic N) is 4. The molecule has 0 radical (unpaired) electrons. The molecular formula is C33H35N5O3S. The first-order chi connectivity index (χ1) is 20.3. The summed E-state index contributed by atoms with van der Waals surface area (Å²) < 4.78 is 25.8. The Bertz CT molecular complexity index is 1780. The fourth-order valence-corrected chi connectivity index (χ4v) is 8.01. The van der Waals surface area contributed by atoms with Crippen molar-refractivity contribution in [2.75, 3.05) is 29.5 Å². The van der Waals surface area contributed by atoms with Gasteiger partial charge in [0.15, 0.2) is 9.84 Å². The number of carbonyl (C=O) groups is 1. The Morgan fingerprint density at radius 3 is 2.50 bits per heavy atom. The molecule has 2 saturated carbocycles. The van der Waals surface area contributed by atoms with E-state index in [2.05, 4.69) is 64.6 Å². The van der Waals surface area contributed by atoms with Gasteiger partial charge < -0.3 is 9.88 Å². The van der Waals surface area contributed by atoms with Gasteiger partial charge in [-0.05, 0) is 67.6 Å². The lowest BCUT2D eigenvalue weighted by Crippen LogP contribution is -2.40. The molecule has 3 fully saturated rings. The van der Waals surface area contributed by atoms with Gasteiger partial charge in [-0.3, -0.25) is 4.79 Å². The van der Waals surface area contributed by atoms with Crippen LogP contribution < -0.4 is 4.90 Å². The van der Waals surface area contributed by atoms with Crippen LogP contribution in [0.4, 0.5) is 5.69 Å². The molecule has 3 heterocycles. The summed E-state index contributed by atoms with van der Waals surface area (Å²) >= 11 is 0. The standard InChI is InChI=1S/C33H35N5O3S/c34-22-33(12-13-33)20-31(39)27-3-1-2-4-28(27)32-29(21-38(36-32)26-9-10-30-24(19-26)11-14-35-30)23-5-7-25(8-6-23)37-15-17-42(40,41)18-16-37/h5-11,14,19,21,27-28,35H,1-4,12-13,15-18,20H2/t27-,28-/m1/s1. The van der Waals surface area contributed by atoms with Crippen LogP contribution in [0.2, 0.25) is 0 Å². The van der Waals surface area contributed by atoms with Gasteiger partial charge in [0.05, 0.1) is 34.4 Å². The first-order valence-electron chi connectivity index (χ1n) is 15.0. The number of benzene rings is 2. The summed E-state index contributed by atoms with van der Waals surface area (Å²) in [6.45, 7) is 1.01. The van der Waals surface area contributed by atoms with Crippen molar-refractivity contribution in [2.45, 2.75) is 50.9 Å². The van der Waals surface area contributed by atoms with E-state index in [1.165, 1.54) is 0 Å². The summed E-state index contributed by atoms with van der Waals surface area (Å²) in [6.07, 6.45) is 9.82. The van der Waals surface area contributed by atoms with Gasteiger partial charge in [-0.2, -0.15) is 10.4 Å². The number of Topliss-reactive ketones (excluding diaryl/α,β-unsaturated/α-hetero) is 1. The summed E-state index contributed by atoms with van der Waals surface area (Å²) in [5, 5.41) is 15.9. The zero-order valence-corrected chi connectivity index (χ0v) is 24.4. The minimum atomic E-state index is -2.95. The van der Waals surface area contributed by atoms with Crippen LogP contribution in [0.1, 0.15) is 56.6 Å². The van der Waals surface area contributed by atoms with Crippen LogP contribution >= 0.6 is 0 Å². The summed E-state index contributed by atoms with van der Waals surface area (Å²) in [5.41, 5.74) is 5.58. The average molecular weight is 582 g/mol. The van der Waals surface area contributed by atoms with E-state index >= 15 is 0 Å². The lowest BCUT2D eigenvalue weighted by Gasteiger charge is -2.31. The largest absolute Gasteiger partial charge is 0.369 e. The molecule has 0 spiro atoms. The molecule has 1 saturated heterocycles. The van der Waals surface area contributed by atoms with E-state index < -0.39 is 15.3 Å². The highest BCUT2D eigenvalue weighted by Crippen LogP contribution is 2.51. The molecule has 1 N–H and O–H groups in total. The number of fused-ring (bicyclic) bond motifs is 1. The second-order valence-corrected chi connectivity index (χ2v) is 14.6. The zero-order valence-electron chi connectivity index (χ0n) is 23.6. The summed E-state index contributed by atoms with van der Waals surface area (Å²) in [7, 11) is -2.95. The molecule has 2 atom stereocenters. The zero-order chi connectivity index (χ0) is 28.9. The molecule has 8 nitrogen and oxygen atoms in total. The van der Waals surface area contributed by atoms with Crippen molar-refractivity contribution in [3.8, 4) is 22.9 Å². The highest BCUT2D eigenvalue weighted by atomic mass is 32.2. The molecule has 2 aliphatic carbocycles. The Hall–Kier alpha value is -3.90. The van der Waals surface area contributed by atoms with Crippen molar-refractivity contribution in [3.05, 3.63) is 66.6 Å². The molecule has 9 heteroatoms. The van der Waals surface area contributed by atoms with E-state index in [0.717, 1.165) is 77.6 Å². The molecule has 2 aromatic carbocycles. The van der Waals surface area contributed by atoms with Crippen LogP contribution in [-0.2, 0) is 14.6 Å². The number of hydrogen-bond acceptors (Lipinski definition) is 6. The topological polar surface area (TPSA) is 112 Å². The normalized spacial score (nSPS) is 23.0. The lowest BCUT2D eigenvalue weighted by molar-refractivity contribution is -0.125. The van der Waals surface area contributed by atoms with E-state index in [9.17, 15) is 18.5 Å². The SMILES string of the molecule is N#CC1(CC(=O)[C@@H]2CCCC[C@H]2c2nn(-c3ccc4[nH]ccc4c3)cc2-c2ccc(N3CCS(=O)(=O)CC3)cc2)CC1. The summed E-state index contributed by atoms with van der Waals surface area (Å²) in [4.78, 5) is 19.0. The molecule has 4 aromatic rings. The Morgan fingerprint density at radius 2 is 1.76 bits per heavy atom. The van der Waals surface area contributed by atoms with Gasteiger partial charge in [0.2, 0.25) is 0 Å². The minimum absolute atomic E-state index is 0.0000368. The van der Waals surface area contributed by atoms with Gasteiger partial charge in [-0.15, -0.1) is 0 Å². The molecule has 1 aliphatic heterocycles. The number of aromatic amines is 1. The Labute approximate surface area is 246 Å². The first-order valence-corrected chi connectivity index (χ1v) is 16.8. The molecule has 0 unspecified atom stereocenters. The molecular weight excluding hydrogens is 546 g/mol. The fourth-order valence-electron chi connectivity index (χ4n) is 6.81. The van der Waals surface area contributed by atoms with Gasteiger partial charge in [0.1, 0.15) is 5.78 Å². The van der Waals surface area contributed by atoms with E-state index in [0.29, 0.717) is 19.5 Å². The number of sulfone groups is 1. The number of aromatic nitrogens is 3. The number of ketones is 1. The quantitative estimate of drug-likeness (QED) is 0.296. The van der Waals surface area contributed by atoms with Gasteiger partial charge >= 0.3 is 0 Å². The number of nitriles is 1. The molecule has 42 heavy (non-hydrogen) atoms. The predicted molar refractivity (Wildman–Crippen MR) is 163 cm³/mol. The summed E-state index contributed by atoms with van der Waals surface area (Å²) in [6, 6.07) is 19.0. The van der Waals surface area contributed by atoms with Gasteiger partial charge in [-0.25, -0.2) is 13.1 Å². The van der Waals surface area contributed by atoms with E-state index in [1.54, 1.807) is 0 Å². The second-order valence-electron chi connectivity index (χ2n) is 12.3. The first kappa shape index (κ1) is 27.0. The minimum Gasteiger partial charge on any atom is -0.369 e. The molecule has 7 rings (SSSR count). The summed E-state index contributed by atoms with van der Waals surface area (Å²) in [5.74, 6) is 0.444. The highest BCUT2D eigenvalue weighted by Gasteiger charge is 2.47. The third kappa shape index (κ3) is 5.13. The number of anilines is 1. The number of hydrogen-bond donors (Lipinski definition) is 1. The number of nitrogens with one attached hydrogen (secondary N) is 1. The number of rotatable bonds is 7. The highest BCUT2D eigenvalue weighted by molar-refractivity contribution is 7.91. The van der Waals surface area contributed by atoms with Crippen molar-refractivity contribution in [1.29, 1.82) is 5.26 Å². The predicted octanol–water partition coefficient (Wildman–Crippen LogP) is 5.79. The third-order valence-corrected chi connectivity index (χ3v) is 11.2. The van der Waals surface area contributed by atoms with Gasteiger partial charge in [-0.1, -0.05) is 25.0 Å². The maximum atomic E-state index is 13.7. The Balaban J connectivity index is 1.25. The Morgan fingerprint density at radius 1 is 1.02 bits per heavy atom. The van der Waals surface area contributed by atoms with Gasteiger partial charge in [0, 0.05) is 65.9 Å². The monoisotopic (exact) mass is 581 g/mol. The lowest BCUT2D eigenvalue weighted by atomic mass is 9.72. The van der Waals surface area contributed by atoms with Crippen LogP contribution in [0.25, 0.3) is 27.7 Å². The van der Waals surface area contributed by atoms with Crippen molar-refractivity contribution in [3.63, 3.8) is 0 Å². The van der Waals surface area contributed by atoms with Crippen molar-refractivity contribution in [2.24, 2.45) is 11.3 Å². The third-order valence-electron chi connectivity index (χ3n) is 9.57. The van der Waals surface area contributed by atoms with Crippen LogP contribution in [0.5, 0.6) is 0 Å². The van der Waals surface area contributed by atoms with E-state index in [4.69, 9.17) is 5.10 Å². The Kier molecular flexibility index (Phi) is 6.69. The van der Waals surface area contributed by atoms with Gasteiger partial charge in [0.25, 0.3) is 0 Å². The molecule has 216 valence electrons. The maximum absolute atomic E-state index is 13.7. The fraction of sp³-hybridized carbons (Fsp3) is 0.424. The van der Waals surface area contributed by atoms with Crippen molar-refractivity contribution in [1.82, 2.24) is 14.8 Å². The maximum Gasteiger partial charge on any atom is 0.153 e. The number of H-pyrrole nitrogens is 1. The van der Waals surface area contributed by atoms with Crippen LogP contribution in [0, 0.1) is 22.7 Å².